The van der Waals surface area contributed by atoms with Crippen molar-refractivity contribution in [2.75, 3.05) is 0 Å². The summed E-state index contributed by atoms with van der Waals surface area (Å²) in [7, 11) is 0. The maximum atomic E-state index is 11.9. The van der Waals surface area contributed by atoms with Gasteiger partial charge in [0.25, 0.3) is 0 Å². The molecule has 0 amide bonds. The molecule has 0 spiro atoms. The van der Waals surface area contributed by atoms with Crippen molar-refractivity contribution in [3.8, 4) is 0 Å². The molecule has 0 saturated heterocycles. The maximum Gasteiger partial charge on any atom is 0.423 e. The van der Waals surface area contributed by atoms with Gasteiger partial charge in [0.15, 0.2) is 0 Å². The van der Waals surface area contributed by atoms with Crippen LogP contribution in [0.15, 0.2) is 11.6 Å². The minimum atomic E-state index is -4.75. The van der Waals surface area contributed by atoms with Crippen molar-refractivity contribution in [2.45, 2.75) is 32.4 Å². The van der Waals surface area contributed by atoms with Gasteiger partial charge in [-0.1, -0.05) is 25.8 Å². The van der Waals surface area contributed by atoms with E-state index in [4.69, 9.17) is 5.11 Å². The van der Waals surface area contributed by atoms with Crippen LogP contribution in [0.1, 0.15) is 26.2 Å². The van der Waals surface area contributed by atoms with E-state index in [2.05, 4.69) is 0 Å². The molecule has 0 saturated carbocycles. The van der Waals surface area contributed by atoms with Crippen molar-refractivity contribution in [1.29, 1.82) is 0 Å². The molecule has 0 heterocycles. The summed E-state index contributed by atoms with van der Waals surface area (Å²) < 4.78 is 35.8. The molecule has 1 N–H and O–H groups in total. The largest absolute Gasteiger partial charge is 0.478 e. The van der Waals surface area contributed by atoms with E-state index in [1.165, 1.54) is 0 Å². The van der Waals surface area contributed by atoms with Gasteiger partial charge in [0.2, 0.25) is 0 Å². The molecule has 0 atom stereocenters. The molecule has 5 heteroatoms. The molecule has 0 aromatic carbocycles. The number of allylic oxidation sites excluding steroid dienone is 1. The van der Waals surface area contributed by atoms with E-state index < -0.39 is 17.7 Å². The van der Waals surface area contributed by atoms with E-state index in [1.807, 2.05) is 6.92 Å². The van der Waals surface area contributed by atoms with Crippen molar-refractivity contribution in [1.82, 2.24) is 0 Å². The second-order valence-corrected chi connectivity index (χ2v) is 2.56. The molecule has 76 valence electrons. The van der Waals surface area contributed by atoms with Gasteiger partial charge in [0, 0.05) is 0 Å². The fraction of sp³-hybridized carbons (Fsp3) is 0.625. The highest BCUT2D eigenvalue weighted by Gasteiger charge is 2.38. The number of alkyl halides is 3. The maximum absolute atomic E-state index is 11.9. The van der Waals surface area contributed by atoms with E-state index in [-0.39, 0.29) is 6.42 Å². The molecular weight excluding hydrogens is 185 g/mol. The lowest BCUT2D eigenvalue weighted by molar-refractivity contribution is -0.144. The third-order valence-corrected chi connectivity index (χ3v) is 1.44. The standard InChI is InChI=1S/C8H11F3O2/c1-2-3-4-5-6(7(12)13)8(9,10)11/h5H,2-4H2,1H3,(H,12,13). The van der Waals surface area contributed by atoms with Crippen LogP contribution < -0.4 is 0 Å². The van der Waals surface area contributed by atoms with Gasteiger partial charge in [0.05, 0.1) is 0 Å². The summed E-state index contributed by atoms with van der Waals surface area (Å²) in [6.45, 7) is 1.82. The van der Waals surface area contributed by atoms with Gasteiger partial charge in [0.1, 0.15) is 5.57 Å². The lowest BCUT2D eigenvalue weighted by Crippen LogP contribution is -2.19. The number of halogens is 3. The van der Waals surface area contributed by atoms with Gasteiger partial charge < -0.3 is 5.11 Å². The first kappa shape index (κ1) is 12.0. The smallest absolute Gasteiger partial charge is 0.423 e. The minimum Gasteiger partial charge on any atom is -0.478 e. The number of carboxylic acid groups (broad SMARTS) is 1. The van der Waals surface area contributed by atoms with Gasteiger partial charge in [-0.2, -0.15) is 13.2 Å². The fourth-order valence-electron chi connectivity index (χ4n) is 0.775. The van der Waals surface area contributed by atoms with Gasteiger partial charge >= 0.3 is 12.1 Å². The van der Waals surface area contributed by atoms with E-state index in [1.54, 1.807) is 0 Å². The zero-order valence-electron chi connectivity index (χ0n) is 7.19. The Hall–Kier alpha value is -1.00. The molecule has 2 nitrogen and oxygen atoms in total. The number of carbonyl (C=O) groups is 1. The normalized spacial score (nSPS) is 13.1. The Bertz CT molecular complexity index is 206. The Balaban J connectivity index is 4.43. The molecule has 0 bridgehead atoms. The Kier molecular flexibility index (Phi) is 4.51. The third kappa shape index (κ3) is 4.55. The molecule has 13 heavy (non-hydrogen) atoms. The molecular formula is C8H11F3O2. The Morgan fingerprint density at radius 1 is 1.46 bits per heavy atom. The molecule has 0 unspecified atom stereocenters. The quantitative estimate of drug-likeness (QED) is 0.554. The van der Waals surface area contributed by atoms with Crippen molar-refractivity contribution < 1.29 is 23.1 Å². The third-order valence-electron chi connectivity index (χ3n) is 1.44. The summed E-state index contributed by atoms with van der Waals surface area (Å²) in [4.78, 5) is 10.2. The topological polar surface area (TPSA) is 37.3 Å². The number of aliphatic carboxylic acids is 1. The molecule has 0 aromatic heterocycles. The molecule has 0 fully saturated rings. The summed E-state index contributed by atoms with van der Waals surface area (Å²) in [6, 6.07) is 0. The average Bonchev–Trinajstić information content (AvgIpc) is 1.94. The molecule has 0 aliphatic carbocycles. The van der Waals surface area contributed by atoms with Gasteiger partial charge in [-0.15, -0.1) is 0 Å². The molecule has 0 aliphatic rings. The van der Waals surface area contributed by atoms with E-state index in [0.717, 1.165) is 12.5 Å². The average molecular weight is 196 g/mol. The van der Waals surface area contributed by atoms with Crippen LogP contribution in [0.3, 0.4) is 0 Å². The van der Waals surface area contributed by atoms with Gasteiger partial charge in [-0.05, 0) is 6.42 Å². The minimum absolute atomic E-state index is 0.150. The number of hydrogen-bond donors (Lipinski definition) is 1. The summed E-state index contributed by atoms with van der Waals surface area (Å²) in [5, 5.41) is 8.22. The molecule has 0 aliphatic heterocycles. The van der Waals surface area contributed by atoms with Crippen LogP contribution in [0.2, 0.25) is 0 Å². The van der Waals surface area contributed by atoms with Gasteiger partial charge in [-0.3, -0.25) is 0 Å². The number of unbranched alkanes of at least 4 members (excludes halogenated alkanes) is 2. The Labute approximate surface area is 74.1 Å². The molecule has 0 radical (unpaired) electrons. The van der Waals surface area contributed by atoms with Crippen LogP contribution in [0.25, 0.3) is 0 Å². The fourth-order valence-corrected chi connectivity index (χ4v) is 0.775. The van der Waals surface area contributed by atoms with Crippen molar-refractivity contribution >= 4 is 5.97 Å². The van der Waals surface area contributed by atoms with E-state index in [0.29, 0.717) is 6.42 Å². The number of rotatable bonds is 4. The van der Waals surface area contributed by atoms with E-state index in [9.17, 15) is 18.0 Å². The second-order valence-electron chi connectivity index (χ2n) is 2.56. The SMILES string of the molecule is CCCCC=C(C(=O)O)C(F)(F)F. The summed E-state index contributed by atoms with van der Waals surface area (Å²) in [6.07, 6.45) is -2.57. The van der Waals surface area contributed by atoms with Crippen LogP contribution in [0.4, 0.5) is 13.2 Å². The van der Waals surface area contributed by atoms with Crippen LogP contribution in [-0.2, 0) is 4.79 Å². The predicted molar refractivity (Wildman–Crippen MR) is 41.3 cm³/mol. The summed E-state index contributed by atoms with van der Waals surface area (Å²) in [5.74, 6) is -1.91. The zero-order chi connectivity index (χ0) is 10.5. The van der Waals surface area contributed by atoms with Crippen molar-refractivity contribution in [2.24, 2.45) is 0 Å². The van der Waals surface area contributed by atoms with Crippen molar-refractivity contribution in [3.63, 3.8) is 0 Å². The first-order chi connectivity index (χ1) is 5.89. The lowest BCUT2D eigenvalue weighted by atomic mass is 10.1. The van der Waals surface area contributed by atoms with Crippen LogP contribution in [0, 0.1) is 0 Å². The highest BCUT2D eigenvalue weighted by Crippen LogP contribution is 2.26. The van der Waals surface area contributed by atoms with Crippen LogP contribution in [-0.4, -0.2) is 17.3 Å². The van der Waals surface area contributed by atoms with Crippen LogP contribution in [0.5, 0.6) is 0 Å². The highest BCUT2D eigenvalue weighted by atomic mass is 19.4. The van der Waals surface area contributed by atoms with Crippen molar-refractivity contribution in [3.05, 3.63) is 11.6 Å². The Morgan fingerprint density at radius 3 is 2.31 bits per heavy atom. The number of carboxylic acids is 1. The van der Waals surface area contributed by atoms with Crippen LogP contribution >= 0.6 is 0 Å². The number of hydrogen-bond acceptors (Lipinski definition) is 1. The molecule has 0 aromatic rings. The Morgan fingerprint density at radius 2 is 2.00 bits per heavy atom. The predicted octanol–water partition coefficient (Wildman–Crippen LogP) is 2.75. The summed E-state index contributed by atoms with van der Waals surface area (Å²) >= 11 is 0. The first-order valence-electron chi connectivity index (χ1n) is 3.90. The summed E-state index contributed by atoms with van der Waals surface area (Å²) in [5.41, 5.74) is -1.47. The monoisotopic (exact) mass is 196 g/mol. The highest BCUT2D eigenvalue weighted by molar-refractivity contribution is 5.87. The first-order valence-corrected chi connectivity index (χ1v) is 3.90. The zero-order valence-corrected chi connectivity index (χ0v) is 7.19. The lowest BCUT2D eigenvalue weighted by Gasteiger charge is -2.06. The second kappa shape index (κ2) is 4.89. The van der Waals surface area contributed by atoms with E-state index >= 15 is 0 Å². The molecule has 0 rings (SSSR count). The van der Waals surface area contributed by atoms with Gasteiger partial charge in [-0.25, -0.2) is 4.79 Å².